The maximum absolute atomic E-state index is 12.8. The van der Waals surface area contributed by atoms with E-state index in [1.807, 2.05) is 24.5 Å². The Morgan fingerprint density at radius 3 is 2.58 bits per heavy atom. The van der Waals surface area contributed by atoms with Gasteiger partial charge >= 0.3 is 0 Å². The zero-order valence-electron chi connectivity index (χ0n) is 19.0. The number of hydrazone groups is 1. The van der Waals surface area contributed by atoms with Crippen LogP contribution in [0.2, 0.25) is 5.02 Å². The number of nitrogens with zero attached hydrogens (tertiary/aromatic N) is 4. The summed E-state index contributed by atoms with van der Waals surface area (Å²) in [5, 5.41) is 16.2. The van der Waals surface area contributed by atoms with Gasteiger partial charge in [-0.2, -0.15) is 15.1 Å². The summed E-state index contributed by atoms with van der Waals surface area (Å²) >= 11 is 7.73. The Morgan fingerprint density at radius 2 is 1.91 bits per heavy atom. The predicted molar refractivity (Wildman–Crippen MR) is 133 cm³/mol. The van der Waals surface area contributed by atoms with Crippen LogP contribution in [0.25, 0.3) is 11.8 Å². The van der Waals surface area contributed by atoms with Crippen LogP contribution in [0.15, 0.2) is 33.9 Å². The summed E-state index contributed by atoms with van der Waals surface area (Å²) < 4.78 is 12.9. The average molecular weight is 486 g/mol. The van der Waals surface area contributed by atoms with Gasteiger partial charge < -0.3 is 14.0 Å². The summed E-state index contributed by atoms with van der Waals surface area (Å²) in [5.74, 6) is 0.698. The highest BCUT2D eigenvalue weighted by Crippen LogP contribution is 2.37. The minimum absolute atomic E-state index is 0.0264. The average Bonchev–Trinajstić information content (AvgIpc) is 3.30. The quantitative estimate of drug-likeness (QED) is 0.569. The molecule has 0 radical (unpaired) electrons. The SMILES string of the molecule is CCCC1=NN2C(=N)C(=Cc3cc(C)n(-c4cc(Cl)c(OC)cc4OC)c3C)C(=O)N=C2S1. The first-order valence-electron chi connectivity index (χ1n) is 10.4. The molecule has 4 rings (SSSR count). The number of rotatable bonds is 6. The molecule has 3 heterocycles. The first-order valence-corrected chi connectivity index (χ1v) is 11.6. The lowest BCUT2D eigenvalue weighted by Crippen LogP contribution is -2.35. The van der Waals surface area contributed by atoms with E-state index >= 15 is 0 Å². The highest BCUT2D eigenvalue weighted by Gasteiger charge is 2.35. The maximum atomic E-state index is 12.8. The van der Waals surface area contributed by atoms with Crippen molar-refractivity contribution in [1.82, 2.24) is 9.58 Å². The van der Waals surface area contributed by atoms with Gasteiger partial charge in [-0.15, -0.1) is 0 Å². The molecule has 10 heteroatoms. The number of amidine groups is 2. The fourth-order valence-electron chi connectivity index (χ4n) is 3.83. The summed E-state index contributed by atoms with van der Waals surface area (Å²) in [7, 11) is 3.14. The standard InChI is InChI=1S/C23H24ClN5O3S/c1-6-7-20-27-29-21(25)15(22(30)26-23(29)33-20)9-14-8-12(2)28(13(14)3)17-10-16(24)18(31-4)11-19(17)32-5/h8-11,25H,6-7H2,1-5H3. The molecule has 1 aromatic heterocycles. The second-order valence-electron chi connectivity index (χ2n) is 7.58. The second kappa shape index (κ2) is 9.07. The summed E-state index contributed by atoms with van der Waals surface area (Å²) in [6.45, 7) is 5.95. The summed E-state index contributed by atoms with van der Waals surface area (Å²) in [6.07, 6.45) is 3.41. The molecule has 0 bridgehead atoms. The van der Waals surface area contributed by atoms with Crippen molar-refractivity contribution >= 4 is 51.4 Å². The molecular weight excluding hydrogens is 462 g/mol. The van der Waals surface area contributed by atoms with Crippen molar-refractivity contribution in [3.8, 4) is 17.2 Å². The van der Waals surface area contributed by atoms with E-state index in [0.717, 1.165) is 40.5 Å². The van der Waals surface area contributed by atoms with Gasteiger partial charge in [-0.1, -0.05) is 18.5 Å². The van der Waals surface area contributed by atoms with Crippen molar-refractivity contribution in [1.29, 1.82) is 5.41 Å². The highest BCUT2D eigenvalue weighted by molar-refractivity contribution is 8.26. The summed E-state index contributed by atoms with van der Waals surface area (Å²) in [5.41, 5.74) is 3.51. The molecule has 0 atom stereocenters. The Balaban J connectivity index is 1.77. The van der Waals surface area contributed by atoms with Gasteiger partial charge in [0.25, 0.3) is 5.91 Å². The van der Waals surface area contributed by atoms with E-state index in [1.165, 1.54) is 16.8 Å². The minimum atomic E-state index is -0.443. The number of aliphatic imine (C=N–C) groups is 1. The van der Waals surface area contributed by atoms with Crippen LogP contribution in [0.4, 0.5) is 0 Å². The number of hydrogen-bond donors (Lipinski definition) is 1. The van der Waals surface area contributed by atoms with Gasteiger partial charge in [-0.25, -0.2) is 0 Å². The Labute approximate surface area is 201 Å². The van der Waals surface area contributed by atoms with Crippen LogP contribution in [-0.2, 0) is 4.79 Å². The van der Waals surface area contributed by atoms with Gasteiger partial charge in [-0.3, -0.25) is 10.2 Å². The summed E-state index contributed by atoms with van der Waals surface area (Å²) in [4.78, 5) is 16.9. The third-order valence-electron chi connectivity index (χ3n) is 5.42. The van der Waals surface area contributed by atoms with Crippen molar-refractivity contribution in [2.45, 2.75) is 33.6 Å². The van der Waals surface area contributed by atoms with E-state index in [9.17, 15) is 4.79 Å². The smallest absolute Gasteiger partial charge is 0.283 e. The third kappa shape index (κ3) is 4.06. The molecular formula is C23H24ClN5O3S. The zero-order valence-corrected chi connectivity index (χ0v) is 20.6. The molecule has 8 nitrogen and oxygen atoms in total. The number of ether oxygens (including phenoxy) is 2. The van der Waals surface area contributed by atoms with E-state index in [4.69, 9.17) is 26.5 Å². The molecule has 0 fully saturated rings. The van der Waals surface area contributed by atoms with Gasteiger partial charge in [0.15, 0.2) is 5.84 Å². The number of amides is 1. The van der Waals surface area contributed by atoms with Crippen LogP contribution in [0.1, 0.15) is 36.7 Å². The van der Waals surface area contributed by atoms with Gasteiger partial charge in [0, 0.05) is 17.5 Å². The molecule has 2 aliphatic rings. The molecule has 2 aromatic rings. The molecule has 0 unspecified atom stereocenters. The lowest BCUT2D eigenvalue weighted by atomic mass is 10.1. The van der Waals surface area contributed by atoms with Gasteiger partial charge in [-0.05, 0) is 62.2 Å². The Morgan fingerprint density at radius 1 is 1.18 bits per heavy atom. The lowest BCUT2D eigenvalue weighted by Gasteiger charge is -2.20. The van der Waals surface area contributed by atoms with Crippen LogP contribution < -0.4 is 9.47 Å². The fraction of sp³-hybridized carbons (Fsp3) is 0.304. The second-order valence-corrected chi connectivity index (χ2v) is 9.03. The Hall–Kier alpha value is -3.04. The number of thioether (sulfide) groups is 1. The van der Waals surface area contributed by atoms with Crippen LogP contribution in [0, 0.1) is 19.3 Å². The van der Waals surface area contributed by atoms with E-state index in [0.29, 0.717) is 21.7 Å². The largest absolute Gasteiger partial charge is 0.495 e. The van der Waals surface area contributed by atoms with Crippen LogP contribution >= 0.6 is 23.4 Å². The van der Waals surface area contributed by atoms with E-state index < -0.39 is 5.91 Å². The first-order chi connectivity index (χ1) is 15.8. The molecule has 0 aliphatic carbocycles. The molecule has 172 valence electrons. The monoisotopic (exact) mass is 485 g/mol. The number of methoxy groups -OCH3 is 2. The predicted octanol–water partition coefficient (Wildman–Crippen LogP) is 5.18. The maximum Gasteiger partial charge on any atom is 0.283 e. The van der Waals surface area contributed by atoms with Gasteiger partial charge in [0.2, 0.25) is 5.17 Å². The molecule has 33 heavy (non-hydrogen) atoms. The van der Waals surface area contributed by atoms with Crippen molar-refractivity contribution < 1.29 is 14.3 Å². The van der Waals surface area contributed by atoms with Crippen molar-refractivity contribution in [3.63, 3.8) is 0 Å². The Bertz CT molecular complexity index is 1260. The molecule has 1 amide bonds. The van der Waals surface area contributed by atoms with E-state index in [2.05, 4.69) is 17.0 Å². The summed E-state index contributed by atoms with van der Waals surface area (Å²) in [6, 6.07) is 5.47. The van der Waals surface area contributed by atoms with Crippen LogP contribution in [-0.4, -0.2) is 45.7 Å². The van der Waals surface area contributed by atoms with Crippen molar-refractivity contribution in [2.24, 2.45) is 10.1 Å². The number of carbonyl (C=O) groups is 1. The molecule has 0 spiro atoms. The third-order valence-corrected chi connectivity index (χ3v) is 6.69. The van der Waals surface area contributed by atoms with Crippen molar-refractivity contribution in [2.75, 3.05) is 14.2 Å². The van der Waals surface area contributed by atoms with Crippen LogP contribution in [0.3, 0.4) is 0 Å². The number of nitrogens with one attached hydrogen (secondary N) is 1. The lowest BCUT2D eigenvalue weighted by molar-refractivity contribution is -0.114. The van der Waals surface area contributed by atoms with Crippen molar-refractivity contribution in [3.05, 3.63) is 45.7 Å². The number of carbonyl (C=O) groups excluding carboxylic acids is 1. The van der Waals surface area contributed by atoms with Crippen LogP contribution in [0.5, 0.6) is 11.5 Å². The van der Waals surface area contributed by atoms with E-state index in [-0.39, 0.29) is 11.4 Å². The number of halogens is 1. The Kier molecular flexibility index (Phi) is 6.36. The number of aromatic nitrogens is 1. The molecule has 0 saturated heterocycles. The topological polar surface area (TPSA) is 92.3 Å². The molecule has 2 aliphatic heterocycles. The number of fused-ring (bicyclic) bond motifs is 1. The molecule has 1 N–H and O–H groups in total. The van der Waals surface area contributed by atoms with Gasteiger partial charge in [0.05, 0.1) is 30.5 Å². The number of benzene rings is 1. The fourth-order valence-corrected chi connectivity index (χ4v) is 5.05. The zero-order chi connectivity index (χ0) is 23.9. The first kappa shape index (κ1) is 23.1. The number of hydrogen-bond acceptors (Lipinski definition) is 6. The molecule has 0 saturated carbocycles. The normalized spacial score (nSPS) is 16.8. The number of aryl methyl sites for hydroxylation is 1. The minimum Gasteiger partial charge on any atom is -0.495 e. The van der Waals surface area contributed by atoms with E-state index in [1.54, 1.807) is 32.4 Å². The highest BCUT2D eigenvalue weighted by atomic mass is 35.5. The van der Waals surface area contributed by atoms with Gasteiger partial charge in [0.1, 0.15) is 16.5 Å². The molecule has 1 aromatic carbocycles.